The molecule has 0 saturated heterocycles. The van der Waals surface area contributed by atoms with Gasteiger partial charge in [-0.2, -0.15) is 0 Å². The molecule has 2 amide bonds. The summed E-state index contributed by atoms with van der Waals surface area (Å²) in [4.78, 5) is 49.5. The molecule has 1 saturated carbocycles. The molecule has 50 heavy (non-hydrogen) atoms. The van der Waals surface area contributed by atoms with Gasteiger partial charge < -0.3 is 39.1 Å². The van der Waals surface area contributed by atoms with Gasteiger partial charge in [0.05, 0.1) is 0 Å². The van der Waals surface area contributed by atoms with Gasteiger partial charge in [-0.05, 0) is 68.2 Å². The molecule has 0 aliphatic heterocycles. The second-order valence-electron chi connectivity index (χ2n) is 13.7. The molecule has 12 nitrogen and oxygen atoms in total. The Labute approximate surface area is 294 Å². The summed E-state index contributed by atoms with van der Waals surface area (Å²) in [6.07, 6.45) is 0.891. The maximum absolute atomic E-state index is 13.1. The summed E-state index contributed by atoms with van der Waals surface area (Å²) in [5, 5.41) is 5.81. The Bertz CT molecular complexity index is 1460. The Kier molecular flexibility index (Phi) is 14.7. The van der Waals surface area contributed by atoms with Crippen LogP contribution < -0.4 is 20.1 Å². The summed E-state index contributed by atoms with van der Waals surface area (Å²) in [6.45, 7) is 16.7. The lowest BCUT2D eigenvalue weighted by atomic mass is 9.62. The largest absolute Gasteiger partial charge is 0.490 e. The molecule has 4 atom stereocenters. The van der Waals surface area contributed by atoms with E-state index in [1.807, 2.05) is 45.0 Å². The molecule has 2 N–H and O–H groups in total. The van der Waals surface area contributed by atoms with Gasteiger partial charge in [0.15, 0.2) is 12.2 Å². The number of aryl methyl sites for hydroxylation is 2. The number of nitrogens with one attached hydrogen (secondary N) is 2. The number of carbonyl (C=O) groups is 4. The number of carbonyl (C=O) groups excluding carboxylic acids is 4. The zero-order valence-corrected chi connectivity index (χ0v) is 29.7. The lowest BCUT2D eigenvalue weighted by molar-refractivity contribution is -0.142. The van der Waals surface area contributed by atoms with Crippen molar-refractivity contribution in [3.63, 3.8) is 0 Å². The van der Waals surface area contributed by atoms with E-state index in [0.717, 1.165) is 29.7 Å². The summed E-state index contributed by atoms with van der Waals surface area (Å²) in [5.41, 5.74) is 1.53. The average molecular weight is 695 g/mol. The minimum Gasteiger partial charge on any atom is -0.490 e. The van der Waals surface area contributed by atoms with Gasteiger partial charge in [-0.25, -0.2) is 19.2 Å². The van der Waals surface area contributed by atoms with Gasteiger partial charge in [-0.15, -0.1) is 0 Å². The van der Waals surface area contributed by atoms with E-state index in [9.17, 15) is 19.2 Å². The van der Waals surface area contributed by atoms with E-state index in [4.69, 9.17) is 28.4 Å². The van der Waals surface area contributed by atoms with Crippen molar-refractivity contribution in [1.29, 1.82) is 0 Å². The van der Waals surface area contributed by atoms with Crippen LogP contribution in [0.5, 0.6) is 11.5 Å². The van der Waals surface area contributed by atoms with Crippen LogP contribution in [0.1, 0.15) is 51.2 Å². The van der Waals surface area contributed by atoms with Crippen LogP contribution >= 0.6 is 0 Å². The van der Waals surface area contributed by atoms with Crippen LogP contribution in [0.4, 0.5) is 9.59 Å². The number of rotatable bonds is 17. The second kappa shape index (κ2) is 18.7. The molecule has 0 heterocycles. The molecule has 3 rings (SSSR count). The van der Waals surface area contributed by atoms with Crippen molar-refractivity contribution >= 4 is 24.1 Å². The first-order valence-corrected chi connectivity index (χ1v) is 16.6. The molecule has 0 spiro atoms. The van der Waals surface area contributed by atoms with Crippen molar-refractivity contribution in [3.8, 4) is 11.5 Å². The predicted molar refractivity (Wildman–Crippen MR) is 187 cm³/mol. The number of hydrogen-bond donors (Lipinski definition) is 2. The SMILES string of the molecule is C=CC(=O)OCC(COc1ccc(C)cc1)OC(=O)NCC1(C)CC(NC(=O)OC(COC(=O)C=C)COc2ccc(C)cc2)CC(C)(C)C1. The Morgan fingerprint density at radius 1 is 0.740 bits per heavy atom. The third-order valence-corrected chi connectivity index (χ3v) is 8.04. The Balaban J connectivity index is 1.58. The van der Waals surface area contributed by atoms with Crippen molar-refractivity contribution in [2.75, 3.05) is 33.0 Å². The molecular weight excluding hydrogens is 644 g/mol. The van der Waals surface area contributed by atoms with E-state index >= 15 is 0 Å². The van der Waals surface area contributed by atoms with Crippen LogP contribution in [0.2, 0.25) is 0 Å². The minimum absolute atomic E-state index is 0.0371. The first-order chi connectivity index (χ1) is 23.7. The molecular formula is C38H50N2O10. The zero-order chi connectivity index (χ0) is 36.7. The normalized spacial score (nSPS) is 19.0. The molecule has 2 aromatic rings. The summed E-state index contributed by atoms with van der Waals surface area (Å²) < 4.78 is 33.1. The van der Waals surface area contributed by atoms with Gasteiger partial charge in [0.25, 0.3) is 0 Å². The number of hydrogen-bond acceptors (Lipinski definition) is 10. The van der Waals surface area contributed by atoms with Crippen LogP contribution in [-0.4, -0.2) is 75.3 Å². The number of esters is 2. The van der Waals surface area contributed by atoms with E-state index in [1.165, 1.54) is 0 Å². The smallest absolute Gasteiger partial charge is 0.407 e. The van der Waals surface area contributed by atoms with Crippen LogP contribution in [0.25, 0.3) is 0 Å². The third kappa shape index (κ3) is 14.2. The fourth-order valence-corrected chi connectivity index (χ4v) is 6.05. The third-order valence-electron chi connectivity index (χ3n) is 8.04. The number of alkyl carbamates (subject to hydrolysis) is 2. The van der Waals surface area contributed by atoms with Gasteiger partial charge in [-0.1, -0.05) is 69.3 Å². The van der Waals surface area contributed by atoms with Gasteiger partial charge in [0.2, 0.25) is 0 Å². The highest BCUT2D eigenvalue weighted by Crippen LogP contribution is 2.45. The molecule has 0 bridgehead atoms. The molecule has 2 aromatic carbocycles. The molecule has 0 radical (unpaired) electrons. The lowest BCUT2D eigenvalue weighted by Gasteiger charge is -2.46. The topological polar surface area (TPSA) is 148 Å². The van der Waals surface area contributed by atoms with Crippen molar-refractivity contribution in [2.24, 2.45) is 10.8 Å². The molecule has 4 unspecified atom stereocenters. The molecule has 1 fully saturated rings. The van der Waals surface area contributed by atoms with Crippen molar-refractivity contribution in [2.45, 2.75) is 72.1 Å². The predicted octanol–water partition coefficient (Wildman–Crippen LogP) is 5.99. The lowest BCUT2D eigenvalue weighted by Crippen LogP contribution is -2.51. The molecule has 1 aliphatic carbocycles. The van der Waals surface area contributed by atoms with E-state index < -0.39 is 41.7 Å². The van der Waals surface area contributed by atoms with E-state index in [-0.39, 0.29) is 44.4 Å². The average Bonchev–Trinajstić information content (AvgIpc) is 3.06. The van der Waals surface area contributed by atoms with Crippen LogP contribution in [0, 0.1) is 24.7 Å². The standard InChI is InChI=1S/C38H50N2O10/c1-8-33(41)47-22-31(20-45-29-14-10-26(3)11-15-29)49-35(43)39-25-38(7)19-28(18-37(5,6)24-38)40-36(44)50-32(23-48-34(42)9-2)21-46-30-16-12-27(4)13-17-30/h8-17,28,31-32H,1-2,18-25H2,3-7H3,(H,39,43)(H,40,44). The van der Waals surface area contributed by atoms with Gasteiger partial charge >= 0.3 is 24.1 Å². The van der Waals surface area contributed by atoms with E-state index in [1.54, 1.807) is 24.3 Å². The van der Waals surface area contributed by atoms with Crippen LogP contribution in [0.15, 0.2) is 73.8 Å². The quantitative estimate of drug-likeness (QED) is 0.115. The Morgan fingerprint density at radius 2 is 1.20 bits per heavy atom. The maximum Gasteiger partial charge on any atom is 0.407 e. The summed E-state index contributed by atoms with van der Waals surface area (Å²) in [7, 11) is 0. The van der Waals surface area contributed by atoms with Gasteiger partial charge in [-0.3, -0.25) is 0 Å². The van der Waals surface area contributed by atoms with E-state index in [0.29, 0.717) is 24.3 Å². The van der Waals surface area contributed by atoms with Crippen molar-refractivity contribution < 1.29 is 47.6 Å². The van der Waals surface area contributed by atoms with Crippen LogP contribution in [-0.2, 0) is 28.5 Å². The van der Waals surface area contributed by atoms with Crippen LogP contribution in [0.3, 0.4) is 0 Å². The highest BCUT2D eigenvalue weighted by molar-refractivity contribution is 5.81. The Morgan fingerprint density at radius 3 is 1.66 bits per heavy atom. The van der Waals surface area contributed by atoms with Gasteiger partial charge in [0, 0.05) is 24.7 Å². The summed E-state index contributed by atoms with van der Waals surface area (Å²) >= 11 is 0. The fraction of sp³-hybridized carbons (Fsp3) is 0.474. The Hall–Kier alpha value is -5.00. The van der Waals surface area contributed by atoms with Gasteiger partial charge in [0.1, 0.15) is 37.9 Å². The number of ether oxygens (including phenoxy) is 6. The van der Waals surface area contributed by atoms with Crippen molar-refractivity contribution in [3.05, 3.63) is 85.0 Å². The zero-order valence-electron chi connectivity index (χ0n) is 29.7. The van der Waals surface area contributed by atoms with Crippen molar-refractivity contribution in [1.82, 2.24) is 10.6 Å². The monoisotopic (exact) mass is 694 g/mol. The molecule has 1 aliphatic rings. The first-order valence-electron chi connectivity index (χ1n) is 16.6. The molecule has 12 heteroatoms. The second-order valence-corrected chi connectivity index (χ2v) is 13.7. The first kappa shape index (κ1) is 39.4. The summed E-state index contributed by atoms with van der Waals surface area (Å²) in [5.74, 6) is -0.130. The number of amides is 2. The highest BCUT2D eigenvalue weighted by Gasteiger charge is 2.42. The minimum atomic E-state index is -0.881. The molecule has 272 valence electrons. The van der Waals surface area contributed by atoms with E-state index in [2.05, 4.69) is 37.6 Å². The highest BCUT2D eigenvalue weighted by atomic mass is 16.6. The fourth-order valence-electron chi connectivity index (χ4n) is 6.05. The number of benzene rings is 2. The summed E-state index contributed by atoms with van der Waals surface area (Å²) in [6, 6.07) is 14.5. The maximum atomic E-state index is 13.1. The molecule has 0 aromatic heterocycles.